The van der Waals surface area contributed by atoms with Crippen LogP contribution in [-0.2, 0) is 11.3 Å². The second-order valence-corrected chi connectivity index (χ2v) is 6.75. The predicted octanol–water partition coefficient (Wildman–Crippen LogP) is 3.49. The van der Waals surface area contributed by atoms with Gasteiger partial charge in [-0.15, -0.1) is 0 Å². The standard InChI is InChI=1S/C19H20N6O3/c1-12-16(11-22-18(26)28-19(2,3)4)23-17(27-12)13-5-7-14(8-6-13)24-25-15(9-20)10-21/h5-8,24H,11H2,1-4H3,(H,22,26). The molecule has 9 nitrogen and oxygen atoms in total. The summed E-state index contributed by atoms with van der Waals surface area (Å²) >= 11 is 0. The first-order valence-electron chi connectivity index (χ1n) is 8.39. The Morgan fingerprint density at radius 2 is 1.89 bits per heavy atom. The molecule has 0 saturated carbocycles. The smallest absolute Gasteiger partial charge is 0.407 e. The maximum Gasteiger partial charge on any atom is 0.407 e. The molecule has 0 spiro atoms. The number of ether oxygens (including phenoxy) is 1. The van der Waals surface area contributed by atoms with Gasteiger partial charge < -0.3 is 14.5 Å². The van der Waals surface area contributed by atoms with Gasteiger partial charge in [-0.3, -0.25) is 5.43 Å². The van der Waals surface area contributed by atoms with Crippen molar-refractivity contribution in [2.24, 2.45) is 5.10 Å². The molecule has 1 amide bonds. The van der Waals surface area contributed by atoms with Gasteiger partial charge in [-0.1, -0.05) is 0 Å². The van der Waals surface area contributed by atoms with Crippen molar-refractivity contribution in [2.45, 2.75) is 39.8 Å². The summed E-state index contributed by atoms with van der Waals surface area (Å²) in [7, 11) is 0. The van der Waals surface area contributed by atoms with Gasteiger partial charge in [0.15, 0.2) is 0 Å². The summed E-state index contributed by atoms with van der Waals surface area (Å²) in [5.41, 5.74) is 3.70. The Hall–Kier alpha value is -3.85. The van der Waals surface area contributed by atoms with E-state index < -0.39 is 11.7 Å². The van der Waals surface area contributed by atoms with Crippen molar-refractivity contribution in [1.29, 1.82) is 10.5 Å². The zero-order valence-corrected chi connectivity index (χ0v) is 16.0. The van der Waals surface area contributed by atoms with Crippen molar-refractivity contribution in [1.82, 2.24) is 10.3 Å². The Morgan fingerprint density at radius 3 is 2.46 bits per heavy atom. The van der Waals surface area contributed by atoms with Crippen molar-refractivity contribution in [2.75, 3.05) is 5.43 Å². The number of carbonyl (C=O) groups excluding carboxylic acids is 1. The lowest BCUT2D eigenvalue weighted by Crippen LogP contribution is -2.32. The maximum absolute atomic E-state index is 11.8. The molecule has 28 heavy (non-hydrogen) atoms. The highest BCUT2D eigenvalue weighted by Gasteiger charge is 2.17. The quantitative estimate of drug-likeness (QED) is 0.598. The van der Waals surface area contributed by atoms with Crippen molar-refractivity contribution < 1.29 is 13.9 Å². The molecule has 2 N–H and O–H groups in total. The van der Waals surface area contributed by atoms with E-state index in [1.54, 1.807) is 64.1 Å². The van der Waals surface area contributed by atoms with E-state index in [1.807, 2.05) is 0 Å². The monoisotopic (exact) mass is 380 g/mol. The molecule has 0 bridgehead atoms. The topological polar surface area (TPSA) is 136 Å². The number of amides is 1. The largest absolute Gasteiger partial charge is 0.444 e. The Balaban J connectivity index is 2.04. The van der Waals surface area contributed by atoms with Gasteiger partial charge in [0.2, 0.25) is 11.6 Å². The van der Waals surface area contributed by atoms with Crippen LogP contribution >= 0.6 is 0 Å². The number of benzene rings is 1. The lowest BCUT2D eigenvalue weighted by atomic mass is 10.2. The number of hydrogen-bond donors (Lipinski definition) is 2. The summed E-state index contributed by atoms with van der Waals surface area (Å²) in [6, 6.07) is 10.3. The minimum absolute atomic E-state index is 0.184. The fourth-order valence-corrected chi connectivity index (χ4v) is 2.07. The third-order valence-electron chi connectivity index (χ3n) is 3.33. The first kappa shape index (κ1) is 20.5. The summed E-state index contributed by atoms with van der Waals surface area (Å²) in [5, 5.41) is 23.6. The number of hydrazone groups is 1. The van der Waals surface area contributed by atoms with Crippen molar-refractivity contribution in [3.63, 3.8) is 0 Å². The molecule has 2 aromatic rings. The van der Waals surface area contributed by atoms with E-state index in [4.69, 9.17) is 19.7 Å². The van der Waals surface area contributed by atoms with Gasteiger partial charge in [-0.25, -0.2) is 9.78 Å². The molecular weight excluding hydrogens is 360 g/mol. The van der Waals surface area contributed by atoms with Gasteiger partial charge in [-0.2, -0.15) is 15.6 Å². The minimum Gasteiger partial charge on any atom is -0.444 e. The maximum atomic E-state index is 11.8. The second-order valence-electron chi connectivity index (χ2n) is 6.75. The Morgan fingerprint density at radius 1 is 1.25 bits per heavy atom. The van der Waals surface area contributed by atoms with E-state index in [1.165, 1.54) is 0 Å². The molecule has 0 saturated heterocycles. The molecule has 0 atom stereocenters. The van der Waals surface area contributed by atoms with Crippen molar-refractivity contribution in [3.05, 3.63) is 35.7 Å². The molecule has 0 radical (unpaired) electrons. The lowest BCUT2D eigenvalue weighted by molar-refractivity contribution is 0.0523. The number of nitrogens with one attached hydrogen (secondary N) is 2. The minimum atomic E-state index is -0.574. The summed E-state index contributed by atoms with van der Waals surface area (Å²) in [4.78, 5) is 16.2. The molecule has 1 aromatic carbocycles. The van der Waals surface area contributed by atoms with Crippen LogP contribution in [0.4, 0.5) is 10.5 Å². The number of aromatic nitrogens is 1. The van der Waals surface area contributed by atoms with Gasteiger partial charge >= 0.3 is 6.09 Å². The third-order valence-corrected chi connectivity index (χ3v) is 3.33. The average molecular weight is 380 g/mol. The fraction of sp³-hybridized carbons (Fsp3) is 0.316. The van der Waals surface area contributed by atoms with E-state index >= 15 is 0 Å². The predicted molar refractivity (Wildman–Crippen MR) is 102 cm³/mol. The van der Waals surface area contributed by atoms with Crippen LogP contribution in [0, 0.1) is 29.6 Å². The number of aryl methyl sites for hydroxylation is 1. The van der Waals surface area contributed by atoms with Crippen LogP contribution < -0.4 is 10.7 Å². The number of nitrogens with zero attached hydrogens (tertiary/aromatic N) is 4. The average Bonchev–Trinajstić information content (AvgIpc) is 3.01. The molecule has 0 aliphatic heterocycles. The van der Waals surface area contributed by atoms with E-state index in [9.17, 15) is 4.79 Å². The number of hydrogen-bond acceptors (Lipinski definition) is 8. The first-order chi connectivity index (χ1) is 13.2. The van der Waals surface area contributed by atoms with Crippen molar-refractivity contribution >= 4 is 17.5 Å². The highest BCUT2D eigenvalue weighted by Crippen LogP contribution is 2.23. The van der Waals surface area contributed by atoms with E-state index in [-0.39, 0.29) is 12.3 Å². The zero-order valence-electron chi connectivity index (χ0n) is 16.0. The van der Waals surface area contributed by atoms with Crippen LogP contribution in [0.25, 0.3) is 11.5 Å². The second kappa shape index (κ2) is 8.69. The molecule has 0 aliphatic rings. The van der Waals surface area contributed by atoms with Crippen LogP contribution in [-0.4, -0.2) is 22.4 Å². The van der Waals surface area contributed by atoms with E-state index in [0.29, 0.717) is 23.0 Å². The Labute approximate surface area is 162 Å². The molecule has 2 rings (SSSR count). The number of nitriles is 2. The molecule has 1 aromatic heterocycles. The number of oxazole rings is 1. The molecule has 0 fully saturated rings. The first-order valence-corrected chi connectivity index (χ1v) is 8.39. The number of carbonyl (C=O) groups is 1. The third kappa shape index (κ3) is 5.85. The molecule has 9 heteroatoms. The van der Waals surface area contributed by atoms with E-state index in [2.05, 4.69) is 20.8 Å². The number of anilines is 1. The number of rotatable bonds is 5. The Kier molecular flexibility index (Phi) is 6.35. The molecule has 0 unspecified atom stereocenters. The molecule has 0 aliphatic carbocycles. The molecule has 1 heterocycles. The molecule has 144 valence electrons. The van der Waals surface area contributed by atoms with Crippen LogP contribution in [0.5, 0.6) is 0 Å². The van der Waals surface area contributed by atoms with Gasteiger partial charge in [0.1, 0.15) is 29.2 Å². The molecular formula is C19H20N6O3. The van der Waals surface area contributed by atoms with E-state index in [0.717, 1.165) is 5.56 Å². The van der Waals surface area contributed by atoms with Gasteiger partial charge in [0, 0.05) is 5.56 Å². The van der Waals surface area contributed by atoms with Gasteiger partial charge in [0.25, 0.3) is 0 Å². The summed E-state index contributed by atoms with van der Waals surface area (Å²) in [6.45, 7) is 7.31. The summed E-state index contributed by atoms with van der Waals surface area (Å²) in [5.74, 6) is 0.994. The van der Waals surface area contributed by atoms with Gasteiger partial charge in [-0.05, 0) is 52.0 Å². The highest BCUT2D eigenvalue weighted by molar-refractivity contribution is 6.10. The summed E-state index contributed by atoms with van der Waals surface area (Å²) in [6.07, 6.45) is -0.526. The zero-order chi connectivity index (χ0) is 20.7. The fourth-order valence-electron chi connectivity index (χ4n) is 2.07. The SMILES string of the molecule is Cc1oc(-c2ccc(NN=C(C#N)C#N)cc2)nc1CNC(=O)OC(C)(C)C. The van der Waals surface area contributed by atoms with Gasteiger partial charge in [0.05, 0.1) is 12.2 Å². The Bertz CT molecular complexity index is 940. The van der Waals surface area contributed by atoms with Crippen LogP contribution in [0.3, 0.4) is 0 Å². The van der Waals surface area contributed by atoms with Crippen LogP contribution in [0.2, 0.25) is 0 Å². The van der Waals surface area contributed by atoms with Crippen molar-refractivity contribution in [3.8, 4) is 23.6 Å². The highest BCUT2D eigenvalue weighted by atomic mass is 16.6. The summed E-state index contributed by atoms with van der Waals surface area (Å²) < 4.78 is 10.9. The van der Waals surface area contributed by atoms with Crippen LogP contribution in [0.1, 0.15) is 32.2 Å². The normalized spacial score (nSPS) is 10.4. The van der Waals surface area contributed by atoms with Crippen LogP contribution in [0.15, 0.2) is 33.8 Å². The number of alkyl carbamates (subject to hydrolysis) is 1. The lowest BCUT2D eigenvalue weighted by Gasteiger charge is -2.19.